The van der Waals surface area contributed by atoms with E-state index in [4.69, 9.17) is 4.43 Å². The lowest BCUT2D eigenvalue weighted by molar-refractivity contribution is -0.0282. The number of nitrogens with zero attached hydrogens (tertiary/aromatic N) is 1. The van der Waals surface area contributed by atoms with Crippen LogP contribution in [0.15, 0.2) is 0 Å². The van der Waals surface area contributed by atoms with Gasteiger partial charge in [-0.05, 0) is 56.7 Å². The van der Waals surface area contributed by atoms with E-state index >= 15 is 0 Å². The quantitative estimate of drug-likeness (QED) is 0.696. The Balaban J connectivity index is 2.13. The first kappa shape index (κ1) is 14.1. The molecule has 4 atom stereocenters. The molecule has 0 aromatic carbocycles. The highest BCUT2D eigenvalue weighted by molar-refractivity contribution is 6.69. The highest BCUT2D eigenvalue weighted by atomic mass is 28.4. The van der Waals surface area contributed by atoms with Gasteiger partial charge in [0.25, 0.3) is 0 Å². The van der Waals surface area contributed by atoms with Gasteiger partial charge < -0.3 is 4.43 Å². The molecule has 2 saturated carbocycles. The van der Waals surface area contributed by atoms with E-state index in [2.05, 4.69) is 32.6 Å². The summed E-state index contributed by atoms with van der Waals surface area (Å²) in [6.45, 7) is 9.16. The second-order valence-corrected chi connectivity index (χ2v) is 12.0. The largest absolute Gasteiger partial charge is 0.415 e. The van der Waals surface area contributed by atoms with E-state index in [0.717, 1.165) is 6.42 Å². The SMILES string of the molecule is C[C@]12CCCC[C@@H]1[C@@H](C#N)C[C@@H](O[Si](C)(C)C)C2. The van der Waals surface area contributed by atoms with Crippen molar-refractivity contribution in [3.63, 3.8) is 0 Å². The van der Waals surface area contributed by atoms with Gasteiger partial charge in [-0.1, -0.05) is 19.8 Å². The average Bonchev–Trinajstić information content (AvgIpc) is 2.24. The van der Waals surface area contributed by atoms with Crippen molar-refractivity contribution in [1.82, 2.24) is 0 Å². The first-order chi connectivity index (χ1) is 8.34. The number of fused-ring (bicyclic) bond motifs is 1. The molecule has 0 saturated heterocycles. The molecular formula is C15H27NOSi. The molecule has 2 aliphatic rings. The van der Waals surface area contributed by atoms with Crippen LogP contribution in [0.2, 0.25) is 19.6 Å². The maximum absolute atomic E-state index is 9.47. The third-order valence-electron chi connectivity index (χ3n) is 4.79. The van der Waals surface area contributed by atoms with Crippen LogP contribution in [-0.4, -0.2) is 14.4 Å². The van der Waals surface area contributed by atoms with Crippen molar-refractivity contribution in [1.29, 1.82) is 5.26 Å². The lowest BCUT2D eigenvalue weighted by Crippen LogP contribution is -2.47. The minimum atomic E-state index is -1.49. The molecule has 0 aliphatic heterocycles. The highest BCUT2D eigenvalue weighted by Gasteiger charge is 2.47. The van der Waals surface area contributed by atoms with E-state index < -0.39 is 8.32 Å². The molecule has 18 heavy (non-hydrogen) atoms. The zero-order valence-corrected chi connectivity index (χ0v) is 13.3. The van der Waals surface area contributed by atoms with E-state index in [9.17, 15) is 5.26 Å². The Hall–Kier alpha value is -0.333. The second-order valence-electron chi connectivity index (χ2n) is 7.53. The van der Waals surface area contributed by atoms with E-state index in [0.29, 0.717) is 17.4 Å². The first-order valence-corrected chi connectivity index (χ1v) is 10.8. The predicted molar refractivity (Wildman–Crippen MR) is 76.6 cm³/mol. The zero-order chi connectivity index (χ0) is 13.4. The third kappa shape index (κ3) is 2.97. The summed E-state index contributed by atoms with van der Waals surface area (Å²) in [5, 5.41) is 9.47. The van der Waals surface area contributed by atoms with Crippen molar-refractivity contribution in [2.24, 2.45) is 17.3 Å². The average molecular weight is 265 g/mol. The van der Waals surface area contributed by atoms with Crippen molar-refractivity contribution in [3.05, 3.63) is 0 Å². The van der Waals surface area contributed by atoms with Crippen LogP contribution in [0.4, 0.5) is 0 Å². The van der Waals surface area contributed by atoms with Crippen LogP contribution in [0.5, 0.6) is 0 Å². The number of hydrogen-bond acceptors (Lipinski definition) is 2. The number of nitriles is 1. The van der Waals surface area contributed by atoms with Crippen LogP contribution in [0.25, 0.3) is 0 Å². The van der Waals surface area contributed by atoms with Crippen LogP contribution >= 0.6 is 0 Å². The molecule has 2 nitrogen and oxygen atoms in total. The van der Waals surface area contributed by atoms with E-state index in [-0.39, 0.29) is 5.92 Å². The van der Waals surface area contributed by atoms with Crippen LogP contribution in [0, 0.1) is 28.6 Å². The van der Waals surface area contributed by atoms with Gasteiger partial charge in [-0.2, -0.15) is 5.26 Å². The molecule has 102 valence electrons. The molecule has 0 bridgehead atoms. The van der Waals surface area contributed by atoms with E-state index in [1.807, 2.05) is 0 Å². The summed E-state index contributed by atoms with van der Waals surface area (Å²) in [7, 11) is -1.49. The lowest BCUT2D eigenvalue weighted by atomic mass is 9.56. The molecule has 0 radical (unpaired) electrons. The molecule has 0 unspecified atom stereocenters. The number of rotatable bonds is 2. The predicted octanol–water partition coefficient (Wildman–Crippen LogP) is 4.34. The van der Waals surface area contributed by atoms with Gasteiger partial charge in [0.05, 0.1) is 12.0 Å². The zero-order valence-electron chi connectivity index (χ0n) is 12.3. The minimum Gasteiger partial charge on any atom is -0.415 e. The maximum Gasteiger partial charge on any atom is 0.184 e. The Morgan fingerprint density at radius 1 is 1.28 bits per heavy atom. The summed E-state index contributed by atoms with van der Waals surface area (Å²) in [6, 6.07) is 2.58. The van der Waals surface area contributed by atoms with Gasteiger partial charge in [0.1, 0.15) is 0 Å². The Morgan fingerprint density at radius 3 is 2.61 bits per heavy atom. The number of hydrogen-bond donors (Lipinski definition) is 0. The molecule has 0 N–H and O–H groups in total. The lowest BCUT2D eigenvalue weighted by Gasteiger charge is -2.50. The summed E-state index contributed by atoms with van der Waals surface area (Å²) in [5.74, 6) is 0.850. The molecule has 0 amide bonds. The van der Waals surface area contributed by atoms with Crippen molar-refractivity contribution in [2.45, 2.75) is 71.2 Å². The summed E-state index contributed by atoms with van der Waals surface area (Å²) in [4.78, 5) is 0. The van der Waals surface area contributed by atoms with Gasteiger partial charge in [0.15, 0.2) is 8.32 Å². The van der Waals surface area contributed by atoms with Gasteiger partial charge in [0, 0.05) is 6.10 Å². The molecule has 0 spiro atoms. The van der Waals surface area contributed by atoms with Crippen LogP contribution in [-0.2, 0) is 4.43 Å². The maximum atomic E-state index is 9.47. The minimum absolute atomic E-state index is 0.227. The highest BCUT2D eigenvalue weighted by Crippen LogP contribution is 2.53. The van der Waals surface area contributed by atoms with Crippen molar-refractivity contribution < 1.29 is 4.43 Å². The third-order valence-corrected chi connectivity index (χ3v) is 5.83. The smallest absolute Gasteiger partial charge is 0.184 e. The summed E-state index contributed by atoms with van der Waals surface area (Å²) in [6.07, 6.45) is 7.69. The molecule has 0 heterocycles. The fraction of sp³-hybridized carbons (Fsp3) is 0.933. The molecule has 0 aromatic heterocycles. The summed E-state index contributed by atoms with van der Waals surface area (Å²) >= 11 is 0. The molecule has 2 fully saturated rings. The standard InChI is InChI=1S/C15H27NOSi/c1-15-8-6-5-7-14(15)12(11-16)9-13(10-15)17-18(2,3)4/h12-14H,5-10H2,1-4H3/t12-,13-,14-,15-/m1/s1. The van der Waals surface area contributed by atoms with Gasteiger partial charge in [-0.3, -0.25) is 0 Å². The topological polar surface area (TPSA) is 33.0 Å². The second kappa shape index (κ2) is 4.98. The van der Waals surface area contributed by atoms with Crippen LogP contribution in [0.3, 0.4) is 0 Å². The Bertz CT molecular complexity index is 343. The molecule has 2 aliphatic carbocycles. The van der Waals surface area contributed by atoms with Gasteiger partial charge in [-0.15, -0.1) is 0 Å². The summed E-state index contributed by atoms with van der Waals surface area (Å²) in [5.41, 5.74) is 0.362. The molecule has 3 heteroatoms. The van der Waals surface area contributed by atoms with Gasteiger partial charge >= 0.3 is 0 Å². The molecular weight excluding hydrogens is 238 g/mol. The molecule has 0 aromatic rings. The fourth-order valence-electron chi connectivity index (χ4n) is 4.15. The first-order valence-electron chi connectivity index (χ1n) is 7.41. The normalized spacial score (nSPS) is 40.9. The van der Waals surface area contributed by atoms with Crippen molar-refractivity contribution >= 4 is 8.32 Å². The van der Waals surface area contributed by atoms with Crippen molar-refractivity contribution in [3.8, 4) is 6.07 Å². The Labute approximate surface area is 113 Å². The van der Waals surface area contributed by atoms with E-state index in [1.165, 1.54) is 32.1 Å². The van der Waals surface area contributed by atoms with E-state index in [1.54, 1.807) is 0 Å². The van der Waals surface area contributed by atoms with Crippen LogP contribution in [0.1, 0.15) is 45.4 Å². The summed E-state index contributed by atoms with van der Waals surface area (Å²) < 4.78 is 6.31. The molecule has 2 rings (SSSR count). The van der Waals surface area contributed by atoms with Crippen molar-refractivity contribution in [2.75, 3.05) is 0 Å². The monoisotopic (exact) mass is 265 g/mol. The van der Waals surface area contributed by atoms with Crippen LogP contribution < -0.4 is 0 Å². The Morgan fingerprint density at radius 2 is 2.00 bits per heavy atom. The van der Waals surface area contributed by atoms with Gasteiger partial charge in [0.2, 0.25) is 0 Å². The Kier molecular flexibility index (Phi) is 3.90. The fourth-order valence-corrected chi connectivity index (χ4v) is 5.33. The van der Waals surface area contributed by atoms with Gasteiger partial charge in [-0.25, -0.2) is 0 Å².